The summed E-state index contributed by atoms with van der Waals surface area (Å²) in [5.41, 5.74) is 4.68. The second kappa shape index (κ2) is 5.47. The van der Waals surface area contributed by atoms with Gasteiger partial charge in [-0.25, -0.2) is 0 Å². The lowest BCUT2D eigenvalue weighted by Gasteiger charge is -2.13. The van der Waals surface area contributed by atoms with Crippen LogP contribution in [0.5, 0.6) is 5.75 Å². The molecule has 0 bridgehead atoms. The number of hydrogen-bond donors (Lipinski definition) is 2. The van der Waals surface area contributed by atoms with Crippen molar-refractivity contribution in [3.63, 3.8) is 0 Å². The van der Waals surface area contributed by atoms with Gasteiger partial charge in [0.1, 0.15) is 5.75 Å². The predicted molar refractivity (Wildman–Crippen MR) is 77.7 cm³/mol. The molecule has 98 valence electrons. The number of rotatable bonds is 3. The fourth-order valence-corrected chi connectivity index (χ4v) is 2.20. The third kappa shape index (κ3) is 2.65. The van der Waals surface area contributed by atoms with E-state index >= 15 is 0 Å². The Morgan fingerprint density at radius 3 is 2.05 bits per heavy atom. The predicted octanol–water partition coefficient (Wildman–Crippen LogP) is 1.66. The van der Waals surface area contributed by atoms with Gasteiger partial charge >= 0.3 is 7.12 Å². The maximum absolute atomic E-state index is 9.30. The summed E-state index contributed by atoms with van der Waals surface area (Å²) in [6.07, 6.45) is 0. The highest BCUT2D eigenvalue weighted by atomic mass is 16.5. The fourth-order valence-electron chi connectivity index (χ4n) is 2.20. The number of hydrogen-bond acceptors (Lipinski definition) is 3. The summed E-state index contributed by atoms with van der Waals surface area (Å²) in [5.74, 6) is 0.820. The fraction of sp³-hybridized carbons (Fsp3) is 0.200. The molecule has 0 aliphatic rings. The van der Waals surface area contributed by atoms with Crippen LogP contribution in [0.3, 0.4) is 0 Å². The van der Waals surface area contributed by atoms with Gasteiger partial charge in [0.25, 0.3) is 0 Å². The Balaban J connectivity index is 2.48. The van der Waals surface area contributed by atoms with Crippen LogP contribution in [0, 0.1) is 13.8 Å². The smallest absolute Gasteiger partial charge is 0.488 e. The average molecular weight is 256 g/mol. The molecule has 0 unspecified atom stereocenters. The highest BCUT2D eigenvalue weighted by Gasteiger charge is 2.16. The second-order valence-electron chi connectivity index (χ2n) is 4.55. The Morgan fingerprint density at radius 1 is 0.895 bits per heavy atom. The topological polar surface area (TPSA) is 49.7 Å². The monoisotopic (exact) mass is 256 g/mol. The number of ether oxygens (including phenoxy) is 1. The summed E-state index contributed by atoms with van der Waals surface area (Å²) >= 11 is 0. The van der Waals surface area contributed by atoms with Crippen molar-refractivity contribution in [3.8, 4) is 16.9 Å². The molecule has 0 spiro atoms. The second-order valence-corrected chi connectivity index (χ2v) is 4.55. The maximum atomic E-state index is 9.30. The molecule has 0 saturated heterocycles. The Labute approximate surface area is 113 Å². The normalized spacial score (nSPS) is 10.4. The van der Waals surface area contributed by atoms with E-state index in [1.54, 1.807) is 13.2 Å². The quantitative estimate of drug-likeness (QED) is 0.821. The van der Waals surface area contributed by atoms with Crippen LogP contribution in [0.15, 0.2) is 36.4 Å². The van der Waals surface area contributed by atoms with E-state index in [0.29, 0.717) is 5.46 Å². The molecule has 2 aromatic rings. The molecule has 0 fully saturated rings. The van der Waals surface area contributed by atoms with Crippen molar-refractivity contribution in [2.75, 3.05) is 7.11 Å². The van der Waals surface area contributed by atoms with E-state index in [2.05, 4.69) is 0 Å². The first kappa shape index (κ1) is 13.7. The molecule has 0 aromatic heterocycles. The highest BCUT2D eigenvalue weighted by molar-refractivity contribution is 6.59. The van der Waals surface area contributed by atoms with Crippen molar-refractivity contribution in [3.05, 3.63) is 47.5 Å². The molecule has 0 amide bonds. The molecule has 4 heteroatoms. The first-order chi connectivity index (χ1) is 9.04. The average Bonchev–Trinajstić information content (AvgIpc) is 2.41. The van der Waals surface area contributed by atoms with Crippen LogP contribution in [-0.4, -0.2) is 24.3 Å². The lowest BCUT2D eigenvalue weighted by molar-refractivity contribution is 0.415. The molecule has 2 rings (SSSR count). The van der Waals surface area contributed by atoms with Crippen LogP contribution in [0.4, 0.5) is 0 Å². The molecule has 2 aromatic carbocycles. The van der Waals surface area contributed by atoms with Gasteiger partial charge in [-0.3, -0.25) is 0 Å². The molecule has 0 aliphatic carbocycles. The third-order valence-corrected chi connectivity index (χ3v) is 3.51. The first-order valence-corrected chi connectivity index (χ1v) is 6.15. The van der Waals surface area contributed by atoms with E-state index < -0.39 is 7.12 Å². The molecule has 19 heavy (non-hydrogen) atoms. The van der Waals surface area contributed by atoms with Gasteiger partial charge in [-0.2, -0.15) is 0 Å². The van der Waals surface area contributed by atoms with Gasteiger partial charge in [0.15, 0.2) is 0 Å². The van der Waals surface area contributed by atoms with Crippen molar-refractivity contribution >= 4 is 12.6 Å². The van der Waals surface area contributed by atoms with Gasteiger partial charge < -0.3 is 14.8 Å². The van der Waals surface area contributed by atoms with Crippen LogP contribution < -0.4 is 10.2 Å². The highest BCUT2D eigenvalue weighted by Crippen LogP contribution is 2.26. The van der Waals surface area contributed by atoms with Crippen LogP contribution in [0.25, 0.3) is 11.1 Å². The summed E-state index contributed by atoms with van der Waals surface area (Å²) in [4.78, 5) is 0. The largest absolute Gasteiger partial charge is 0.497 e. The van der Waals surface area contributed by atoms with Gasteiger partial charge in [-0.1, -0.05) is 24.3 Å². The summed E-state index contributed by atoms with van der Waals surface area (Å²) in [6, 6.07) is 11.5. The molecule has 0 saturated carbocycles. The van der Waals surface area contributed by atoms with Crippen LogP contribution in [0.2, 0.25) is 0 Å². The maximum Gasteiger partial charge on any atom is 0.488 e. The Hall–Kier alpha value is -1.78. The number of benzene rings is 2. The van der Waals surface area contributed by atoms with Crippen molar-refractivity contribution in [2.45, 2.75) is 13.8 Å². The van der Waals surface area contributed by atoms with E-state index in [1.165, 1.54) is 0 Å². The van der Waals surface area contributed by atoms with Crippen LogP contribution in [0.1, 0.15) is 11.1 Å². The van der Waals surface area contributed by atoms with E-state index in [-0.39, 0.29) is 0 Å². The van der Waals surface area contributed by atoms with Gasteiger partial charge in [0.2, 0.25) is 0 Å². The third-order valence-electron chi connectivity index (χ3n) is 3.51. The molecular formula is C15H17BO3. The van der Waals surface area contributed by atoms with E-state index in [0.717, 1.165) is 28.0 Å². The lowest BCUT2D eigenvalue weighted by atomic mass is 9.75. The SMILES string of the molecule is COc1ccc(-c2ccc(B(O)O)c(C)c2C)cc1. The van der Waals surface area contributed by atoms with E-state index in [1.807, 2.05) is 44.2 Å². The van der Waals surface area contributed by atoms with Crippen molar-refractivity contribution in [1.82, 2.24) is 0 Å². The Kier molecular flexibility index (Phi) is 3.93. The first-order valence-electron chi connectivity index (χ1n) is 6.15. The molecule has 3 nitrogen and oxygen atoms in total. The van der Waals surface area contributed by atoms with E-state index in [4.69, 9.17) is 4.74 Å². The number of methoxy groups -OCH3 is 1. The van der Waals surface area contributed by atoms with E-state index in [9.17, 15) is 10.0 Å². The van der Waals surface area contributed by atoms with Gasteiger partial charge in [0.05, 0.1) is 7.11 Å². The molecule has 0 aliphatic heterocycles. The summed E-state index contributed by atoms with van der Waals surface area (Å²) in [5, 5.41) is 18.6. The summed E-state index contributed by atoms with van der Waals surface area (Å²) in [7, 11) is 0.214. The van der Waals surface area contributed by atoms with Gasteiger partial charge in [-0.05, 0) is 53.7 Å². The van der Waals surface area contributed by atoms with Crippen molar-refractivity contribution in [2.24, 2.45) is 0 Å². The zero-order valence-corrected chi connectivity index (χ0v) is 11.3. The Bertz CT molecular complexity index is 577. The molecule has 2 N–H and O–H groups in total. The molecule has 0 heterocycles. The van der Waals surface area contributed by atoms with Crippen molar-refractivity contribution < 1.29 is 14.8 Å². The minimum Gasteiger partial charge on any atom is -0.497 e. The van der Waals surface area contributed by atoms with Gasteiger partial charge in [-0.15, -0.1) is 0 Å². The minimum absolute atomic E-state index is 0.551. The standard InChI is InChI=1S/C15H17BO3/c1-10-11(2)15(16(17)18)9-8-14(10)12-4-6-13(19-3)7-5-12/h4-9,17-18H,1-3H3. The molecular weight excluding hydrogens is 239 g/mol. The van der Waals surface area contributed by atoms with Gasteiger partial charge in [0, 0.05) is 0 Å². The lowest BCUT2D eigenvalue weighted by Crippen LogP contribution is -2.32. The minimum atomic E-state index is -1.43. The summed E-state index contributed by atoms with van der Waals surface area (Å²) < 4.78 is 5.14. The van der Waals surface area contributed by atoms with Crippen LogP contribution >= 0.6 is 0 Å². The van der Waals surface area contributed by atoms with Crippen molar-refractivity contribution in [1.29, 1.82) is 0 Å². The zero-order chi connectivity index (χ0) is 14.0. The summed E-state index contributed by atoms with van der Waals surface area (Å²) in [6.45, 7) is 3.89. The zero-order valence-electron chi connectivity index (χ0n) is 11.3. The molecule has 0 atom stereocenters. The van der Waals surface area contributed by atoms with Crippen LogP contribution in [-0.2, 0) is 0 Å². The Morgan fingerprint density at radius 2 is 1.53 bits per heavy atom. The molecule has 0 radical (unpaired) electrons.